The first-order valence-corrected chi connectivity index (χ1v) is 6.96. The molecule has 0 aliphatic carbocycles. The monoisotopic (exact) mass is 302 g/mol. The summed E-state index contributed by atoms with van der Waals surface area (Å²) in [4.78, 5) is 20.0. The van der Waals surface area contributed by atoms with Crippen LogP contribution >= 0.6 is 0 Å². The van der Waals surface area contributed by atoms with Gasteiger partial charge in [-0.15, -0.1) is 0 Å². The first-order chi connectivity index (χ1) is 10.7. The van der Waals surface area contributed by atoms with Gasteiger partial charge in [0, 0.05) is 24.3 Å². The Labute approximate surface area is 125 Å². The topological polar surface area (TPSA) is 110 Å². The highest BCUT2D eigenvalue weighted by molar-refractivity contribution is 6.11. The predicted molar refractivity (Wildman–Crippen MR) is 76.8 cm³/mol. The minimum absolute atomic E-state index is 0.143. The molecule has 2 aliphatic heterocycles. The molecule has 114 valence electrons. The normalized spacial score (nSPS) is 27.2. The first-order valence-electron chi connectivity index (χ1n) is 6.96. The zero-order valence-electron chi connectivity index (χ0n) is 11.5. The number of carbonyl (C=O) groups excluding carboxylic acids is 1. The molecule has 4 heterocycles. The number of hydrogen-bond acceptors (Lipinski definition) is 6. The third-order valence-corrected chi connectivity index (χ3v) is 3.94. The second-order valence-corrected chi connectivity index (χ2v) is 5.37. The lowest BCUT2D eigenvalue weighted by Gasteiger charge is -2.17. The molecule has 0 saturated carbocycles. The summed E-state index contributed by atoms with van der Waals surface area (Å²) in [5, 5.41) is 22.8. The maximum Gasteiger partial charge on any atom is 0.249 e. The molecular weight excluding hydrogens is 288 g/mol. The highest BCUT2D eigenvalue weighted by Gasteiger charge is 2.36. The van der Waals surface area contributed by atoms with E-state index in [4.69, 9.17) is 4.74 Å². The molecule has 8 heteroatoms. The quantitative estimate of drug-likeness (QED) is 0.722. The van der Waals surface area contributed by atoms with E-state index in [0.717, 1.165) is 5.56 Å². The smallest absolute Gasteiger partial charge is 0.249 e. The Morgan fingerprint density at radius 1 is 1.41 bits per heavy atom. The van der Waals surface area contributed by atoms with Gasteiger partial charge in [0.15, 0.2) is 6.23 Å². The summed E-state index contributed by atoms with van der Waals surface area (Å²) in [5.74, 6) is 0.181. The van der Waals surface area contributed by atoms with Crippen molar-refractivity contribution in [1.82, 2.24) is 14.5 Å². The molecule has 3 N–H and O–H groups in total. The number of aliphatic hydroxyl groups is 2. The lowest BCUT2D eigenvalue weighted by molar-refractivity contribution is -0.111. The molecule has 2 aromatic rings. The van der Waals surface area contributed by atoms with Gasteiger partial charge in [-0.2, -0.15) is 0 Å². The number of hydrogen-bond donors (Lipinski definition) is 3. The van der Waals surface area contributed by atoms with Gasteiger partial charge in [0.05, 0.1) is 18.1 Å². The molecule has 0 spiro atoms. The van der Waals surface area contributed by atoms with Crippen LogP contribution in [0.15, 0.2) is 18.6 Å². The van der Waals surface area contributed by atoms with Crippen LogP contribution in [-0.4, -0.2) is 49.5 Å². The van der Waals surface area contributed by atoms with Crippen LogP contribution in [0.25, 0.3) is 17.1 Å². The van der Waals surface area contributed by atoms with Crippen LogP contribution < -0.4 is 5.32 Å². The number of nitrogens with zero attached hydrogens (tertiary/aromatic N) is 3. The van der Waals surface area contributed by atoms with Gasteiger partial charge in [-0.1, -0.05) is 0 Å². The minimum atomic E-state index is -0.736. The van der Waals surface area contributed by atoms with Crippen molar-refractivity contribution in [2.24, 2.45) is 0 Å². The third-order valence-electron chi connectivity index (χ3n) is 3.94. The Morgan fingerprint density at radius 2 is 2.27 bits per heavy atom. The summed E-state index contributed by atoms with van der Waals surface area (Å²) in [6, 6.07) is 0. The van der Waals surface area contributed by atoms with Gasteiger partial charge in [-0.05, 0) is 6.08 Å². The number of rotatable bonds is 2. The Hall–Kier alpha value is -2.29. The molecule has 8 nitrogen and oxygen atoms in total. The number of nitrogens with one attached hydrogen (secondary N) is 1. The highest BCUT2D eigenvalue weighted by Crippen LogP contribution is 2.35. The van der Waals surface area contributed by atoms with Gasteiger partial charge < -0.3 is 24.8 Å². The van der Waals surface area contributed by atoms with Crippen molar-refractivity contribution in [3.63, 3.8) is 0 Å². The predicted octanol–water partition coefficient (Wildman–Crippen LogP) is 0.0373. The minimum Gasteiger partial charge on any atom is -0.394 e. The van der Waals surface area contributed by atoms with E-state index >= 15 is 0 Å². The molecule has 1 unspecified atom stereocenters. The molecule has 0 radical (unpaired) electrons. The van der Waals surface area contributed by atoms with Gasteiger partial charge in [0.25, 0.3) is 0 Å². The summed E-state index contributed by atoms with van der Waals surface area (Å²) in [5.41, 5.74) is 1.33. The average Bonchev–Trinajstić information content (AvgIpc) is 3.01. The number of aliphatic hydroxyl groups excluding tert-OH is 2. The average molecular weight is 302 g/mol. The second-order valence-electron chi connectivity index (χ2n) is 5.37. The summed E-state index contributed by atoms with van der Waals surface area (Å²) in [6.45, 7) is -0.143. The SMILES string of the molecule is O=C1C=Cc2cn(C3O[C@H](CO)C[C@H]3O)c3ncnc(c23)N1. The van der Waals surface area contributed by atoms with Crippen LogP contribution in [0.5, 0.6) is 0 Å². The van der Waals surface area contributed by atoms with Crippen molar-refractivity contribution in [3.8, 4) is 0 Å². The molecule has 2 aliphatic rings. The van der Waals surface area contributed by atoms with Crippen LogP contribution in [0.4, 0.5) is 5.82 Å². The van der Waals surface area contributed by atoms with Gasteiger partial charge in [0.1, 0.15) is 23.9 Å². The van der Waals surface area contributed by atoms with E-state index in [1.54, 1.807) is 16.8 Å². The number of ether oxygens (including phenoxy) is 1. The fraction of sp³-hybridized carbons (Fsp3) is 0.357. The Bertz CT molecular complexity index is 784. The lowest BCUT2D eigenvalue weighted by Crippen LogP contribution is -2.19. The van der Waals surface area contributed by atoms with E-state index < -0.39 is 18.4 Å². The van der Waals surface area contributed by atoms with Crippen LogP contribution in [0.2, 0.25) is 0 Å². The molecule has 0 aromatic carbocycles. The molecule has 1 amide bonds. The zero-order valence-corrected chi connectivity index (χ0v) is 11.5. The molecule has 1 fully saturated rings. The number of anilines is 1. The molecule has 0 bridgehead atoms. The molecular formula is C14H14N4O4. The van der Waals surface area contributed by atoms with Crippen molar-refractivity contribution in [3.05, 3.63) is 24.2 Å². The zero-order chi connectivity index (χ0) is 15.3. The van der Waals surface area contributed by atoms with Crippen LogP contribution in [0.1, 0.15) is 18.2 Å². The summed E-state index contributed by atoms with van der Waals surface area (Å²) in [7, 11) is 0. The van der Waals surface area contributed by atoms with E-state index in [1.807, 2.05) is 0 Å². The van der Waals surface area contributed by atoms with Crippen molar-refractivity contribution in [2.75, 3.05) is 11.9 Å². The Kier molecular flexibility index (Phi) is 2.96. The number of carbonyl (C=O) groups is 1. The van der Waals surface area contributed by atoms with E-state index in [2.05, 4.69) is 15.3 Å². The standard InChI is InChI=1S/C14H14N4O4/c19-5-8-3-9(20)14(22-8)18-4-7-1-2-10(21)17-12-11(7)13(18)16-6-15-12/h1-2,4,6,8-9,14,19-20H,3,5H2,(H,15,16,17,21)/t8-,9+,14?/m0/s1. The van der Waals surface area contributed by atoms with E-state index in [-0.39, 0.29) is 12.5 Å². The lowest BCUT2D eigenvalue weighted by atomic mass is 10.2. The van der Waals surface area contributed by atoms with Crippen LogP contribution in [0, 0.1) is 0 Å². The maximum absolute atomic E-state index is 11.6. The molecule has 2 aromatic heterocycles. The van der Waals surface area contributed by atoms with Crippen molar-refractivity contribution >= 4 is 28.8 Å². The summed E-state index contributed by atoms with van der Waals surface area (Å²) < 4.78 is 7.40. The molecule has 4 rings (SSSR count). The van der Waals surface area contributed by atoms with Crippen LogP contribution in [-0.2, 0) is 9.53 Å². The summed E-state index contributed by atoms with van der Waals surface area (Å²) in [6.07, 6.45) is 4.83. The molecule has 1 saturated heterocycles. The third kappa shape index (κ3) is 1.92. The van der Waals surface area contributed by atoms with Gasteiger partial charge in [-0.3, -0.25) is 4.79 Å². The van der Waals surface area contributed by atoms with Crippen molar-refractivity contribution in [1.29, 1.82) is 0 Å². The van der Waals surface area contributed by atoms with E-state index in [9.17, 15) is 15.0 Å². The fourth-order valence-corrected chi connectivity index (χ4v) is 2.95. The molecule has 3 atom stereocenters. The second kappa shape index (κ2) is 4.87. The van der Waals surface area contributed by atoms with Gasteiger partial charge >= 0.3 is 0 Å². The fourth-order valence-electron chi connectivity index (χ4n) is 2.95. The number of amides is 1. The summed E-state index contributed by atoms with van der Waals surface area (Å²) >= 11 is 0. The van der Waals surface area contributed by atoms with E-state index in [1.165, 1.54) is 12.4 Å². The molecule has 22 heavy (non-hydrogen) atoms. The van der Waals surface area contributed by atoms with Gasteiger partial charge in [0.2, 0.25) is 5.91 Å². The van der Waals surface area contributed by atoms with Crippen molar-refractivity contribution in [2.45, 2.75) is 24.9 Å². The van der Waals surface area contributed by atoms with Gasteiger partial charge in [-0.25, -0.2) is 9.97 Å². The maximum atomic E-state index is 11.6. The highest BCUT2D eigenvalue weighted by atomic mass is 16.5. The largest absolute Gasteiger partial charge is 0.394 e. The Morgan fingerprint density at radius 3 is 3.05 bits per heavy atom. The van der Waals surface area contributed by atoms with E-state index in [0.29, 0.717) is 23.3 Å². The number of aromatic nitrogens is 3. The van der Waals surface area contributed by atoms with Crippen molar-refractivity contribution < 1.29 is 19.7 Å². The Balaban J connectivity index is 1.87. The van der Waals surface area contributed by atoms with Crippen LogP contribution in [0.3, 0.4) is 0 Å². The first kappa shape index (κ1) is 13.4.